The molecule has 0 spiro atoms. The number of halogens is 3. The van der Waals surface area contributed by atoms with Crippen molar-refractivity contribution in [2.45, 2.75) is 12.6 Å². The van der Waals surface area contributed by atoms with Crippen molar-refractivity contribution in [1.82, 2.24) is 20.0 Å². The van der Waals surface area contributed by atoms with Crippen molar-refractivity contribution in [1.29, 1.82) is 0 Å². The molecule has 0 aliphatic carbocycles. The number of pyridine rings is 1. The van der Waals surface area contributed by atoms with Gasteiger partial charge in [0.2, 0.25) is 0 Å². The van der Waals surface area contributed by atoms with Crippen LogP contribution in [0.4, 0.5) is 18.9 Å². The van der Waals surface area contributed by atoms with Crippen LogP contribution in [0.5, 0.6) is 0 Å². The predicted molar refractivity (Wildman–Crippen MR) is 99.1 cm³/mol. The predicted octanol–water partition coefficient (Wildman–Crippen LogP) is 2.25. The lowest BCUT2D eigenvalue weighted by Crippen LogP contribution is -2.27. The molecule has 3 aromatic rings. The number of hydrogen-bond donors (Lipinski definition) is 2. The van der Waals surface area contributed by atoms with Gasteiger partial charge in [-0.05, 0) is 30.3 Å². The zero-order valence-electron chi connectivity index (χ0n) is 15.2. The zero-order chi connectivity index (χ0) is 21.0. The second-order valence-corrected chi connectivity index (χ2v) is 5.88. The molecule has 8 nitrogen and oxygen atoms in total. The number of anilines is 1. The quantitative estimate of drug-likeness (QED) is 0.697. The van der Waals surface area contributed by atoms with Crippen LogP contribution in [0.25, 0.3) is 0 Å². The minimum absolute atomic E-state index is 0.0365. The van der Waals surface area contributed by atoms with Crippen LogP contribution in [0.1, 0.15) is 27.8 Å². The highest BCUT2D eigenvalue weighted by atomic mass is 19.1. The summed E-state index contributed by atoms with van der Waals surface area (Å²) < 4.78 is 38.3. The van der Waals surface area contributed by atoms with Gasteiger partial charge in [-0.1, -0.05) is 5.21 Å². The summed E-state index contributed by atoms with van der Waals surface area (Å²) in [5.41, 5.74) is 7.10. The molecule has 0 fully saturated rings. The van der Waals surface area contributed by atoms with E-state index >= 15 is 0 Å². The van der Waals surface area contributed by atoms with Crippen LogP contribution in [-0.4, -0.2) is 38.9 Å². The summed E-state index contributed by atoms with van der Waals surface area (Å²) in [5, 5.41) is 10.3. The third kappa shape index (κ3) is 4.23. The number of carbonyl (C=O) groups is 1. The Morgan fingerprint density at radius 2 is 2.00 bits per heavy atom. The van der Waals surface area contributed by atoms with E-state index in [9.17, 15) is 18.0 Å². The lowest BCUT2D eigenvalue weighted by atomic mass is 10.0. The number of fused-ring (bicyclic) bond motifs is 1. The first kappa shape index (κ1) is 20.0. The summed E-state index contributed by atoms with van der Waals surface area (Å²) in [6, 6.07) is 5.89. The highest BCUT2D eigenvalue weighted by molar-refractivity contribution is 6.02. The van der Waals surface area contributed by atoms with E-state index in [0.717, 1.165) is 12.3 Å². The van der Waals surface area contributed by atoms with E-state index in [2.05, 4.69) is 25.6 Å². The van der Waals surface area contributed by atoms with Crippen molar-refractivity contribution in [3.8, 4) is 0 Å². The number of aromatic nitrogens is 4. The van der Waals surface area contributed by atoms with Gasteiger partial charge >= 0.3 is 0 Å². The zero-order valence-corrected chi connectivity index (χ0v) is 15.2. The van der Waals surface area contributed by atoms with Crippen LogP contribution in [0.3, 0.4) is 0 Å². The normalized spacial score (nSPS) is 14.9. The molecule has 1 amide bonds. The molecule has 1 aliphatic rings. The monoisotopic (exact) mass is 403 g/mol. The Morgan fingerprint density at radius 3 is 2.72 bits per heavy atom. The average molecular weight is 403 g/mol. The molecule has 1 atom stereocenters. The number of amidine groups is 1. The van der Waals surface area contributed by atoms with E-state index in [1.165, 1.54) is 30.5 Å². The molecule has 29 heavy (non-hydrogen) atoms. The number of amides is 1. The van der Waals surface area contributed by atoms with Crippen molar-refractivity contribution < 1.29 is 18.0 Å². The molecule has 150 valence electrons. The number of benzene rings is 1. The van der Waals surface area contributed by atoms with Gasteiger partial charge < -0.3 is 11.1 Å². The summed E-state index contributed by atoms with van der Waals surface area (Å²) in [6.45, 7) is 0.268. The molecule has 11 heteroatoms. The van der Waals surface area contributed by atoms with Gasteiger partial charge in [-0.3, -0.25) is 14.2 Å². The fourth-order valence-electron chi connectivity index (χ4n) is 2.78. The van der Waals surface area contributed by atoms with Crippen LogP contribution in [0, 0.1) is 11.6 Å². The van der Waals surface area contributed by atoms with Crippen molar-refractivity contribution in [3.63, 3.8) is 0 Å². The third-order valence-corrected chi connectivity index (χ3v) is 4.09. The second-order valence-electron chi connectivity index (χ2n) is 5.88. The van der Waals surface area contributed by atoms with Crippen molar-refractivity contribution in [2.75, 3.05) is 12.5 Å². The molecule has 1 unspecified atom stereocenters. The highest BCUT2D eigenvalue weighted by Gasteiger charge is 2.24. The molecule has 2 aromatic heterocycles. The molecule has 0 radical (unpaired) electrons. The maximum Gasteiger partial charge on any atom is 0.274 e. The highest BCUT2D eigenvalue weighted by Crippen LogP contribution is 2.28. The van der Waals surface area contributed by atoms with E-state index in [0.29, 0.717) is 18.6 Å². The van der Waals surface area contributed by atoms with Gasteiger partial charge in [0, 0.05) is 11.3 Å². The maximum atomic E-state index is 14.4. The second kappa shape index (κ2) is 8.50. The molecule has 0 saturated carbocycles. The first-order chi connectivity index (χ1) is 14.0. The lowest BCUT2D eigenvalue weighted by molar-refractivity contribution is 0.102. The summed E-state index contributed by atoms with van der Waals surface area (Å²) in [7, 11) is 0.500. The third-order valence-electron chi connectivity index (χ3n) is 4.09. The average Bonchev–Trinajstić information content (AvgIpc) is 3.21. The fraction of sp³-hybridized carbons (Fsp3) is 0.167. The number of aliphatic imine (C=N–C) groups is 1. The topological polar surface area (TPSA) is 111 Å². The van der Waals surface area contributed by atoms with Gasteiger partial charge in [0.15, 0.2) is 0 Å². The smallest absolute Gasteiger partial charge is 0.274 e. The Labute approximate surface area is 163 Å². The summed E-state index contributed by atoms with van der Waals surface area (Å²) in [4.78, 5) is 20.2. The molecule has 0 saturated heterocycles. The fourth-order valence-corrected chi connectivity index (χ4v) is 2.78. The Bertz CT molecular complexity index is 1050. The molecule has 3 heterocycles. The van der Waals surface area contributed by atoms with Crippen LogP contribution in [0.15, 0.2) is 47.7 Å². The van der Waals surface area contributed by atoms with Crippen LogP contribution < -0.4 is 11.1 Å². The standard InChI is InChI=1S/C17H13F2N7O.CH3F/c18-9-1-4-13(21-6-9)17(27)23-10-2-3-12(19)11(5-10)14-8-26-15(7-22-25-26)16(20)24-14;1-2/h1-7,14H,8H2,(H2,20,24)(H,23,27);1H3. The lowest BCUT2D eigenvalue weighted by Gasteiger charge is -2.21. The number of nitrogens with one attached hydrogen (secondary N) is 1. The van der Waals surface area contributed by atoms with Gasteiger partial charge in [-0.2, -0.15) is 0 Å². The van der Waals surface area contributed by atoms with E-state index in [-0.39, 0.29) is 23.6 Å². The first-order valence-electron chi connectivity index (χ1n) is 8.33. The SMILES string of the molecule is CF.NC1=NC(c2cc(NC(=O)c3ccc(F)cn3)ccc2F)Cn2nncc21. The van der Waals surface area contributed by atoms with E-state index in [1.54, 1.807) is 4.68 Å². The summed E-state index contributed by atoms with van der Waals surface area (Å²) in [6.07, 6.45) is 2.43. The minimum atomic E-state index is -0.611. The summed E-state index contributed by atoms with van der Waals surface area (Å²) >= 11 is 0. The number of carbonyl (C=O) groups excluding carboxylic acids is 1. The molecular formula is C18H16F3N7O. The molecule has 3 N–H and O–H groups in total. The van der Waals surface area contributed by atoms with Crippen LogP contribution in [0.2, 0.25) is 0 Å². The van der Waals surface area contributed by atoms with Crippen molar-refractivity contribution in [3.05, 3.63) is 71.3 Å². The Hall–Kier alpha value is -3.76. The number of rotatable bonds is 3. The van der Waals surface area contributed by atoms with E-state index in [1.807, 2.05) is 0 Å². The van der Waals surface area contributed by atoms with Gasteiger partial charge in [0.1, 0.15) is 28.9 Å². The van der Waals surface area contributed by atoms with Gasteiger partial charge in [-0.15, -0.1) is 5.10 Å². The molecule has 1 aromatic carbocycles. The maximum absolute atomic E-state index is 14.4. The largest absolute Gasteiger partial charge is 0.382 e. The number of hydrogen-bond acceptors (Lipinski definition) is 6. The number of nitrogens with zero attached hydrogens (tertiary/aromatic N) is 5. The molecular weight excluding hydrogens is 387 g/mol. The van der Waals surface area contributed by atoms with E-state index in [4.69, 9.17) is 5.73 Å². The number of alkyl halides is 1. The first-order valence-corrected chi connectivity index (χ1v) is 8.33. The van der Waals surface area contributed by atoms with Gasteiger partial charge in [0.25, 0.3) is 5.91 Å². The molecule has 1 aliphatic heterocycles. The Balaban J connectivity index is 0.00000117. The van der Waals surface area contributed by atoms with Crippen molar-refractivity contribution >= 4 is 17.4 Å². The Kier molecular flexibility index (Phi) is 5.86. The van der Waals surface area contributed by atoms with E-state index < -0.39 is 23.6 Å². The molecule has 4 rings (SSSR count). The Morgan fingerprint density at radius 1 is 1.21 bits per heavy atom. The van der Waals surface area contributed by atoms with Crippen molar-refractivity contribution in [2.24, 2.45) is 10.7 Å². The summed E-state index contributed by atoms with van der Waals surface area (Å²) in [5.74, 6) is -1.37. The minimum Gasteiger partial charge on any atom is -0.382 e. The van der Waals surface area contributed by atoms with Gasteiger partial charge in [0.05, 0.1) is 32.2 Å². The van der Waals surface area contributed by atoms with Gasteiger partial charge in [-0.25, -0.2) is 18.4 Å². The van der Waals surface area contributed by atoms with Crippen LogP contribution >= 0.6 is 0 Å². The number of nitrogens with two attached hydrogens (primary N) is 1. The molecule has 0 bridgehead atoms. The van der Waals surface area contributed by atoms with Crippen LogP contribution in [-0.2, 0) is 6.54 Å².